The number of aromatic nitrogens is 2. The fraction of sp³-hybridized carbons (Fsp3) is 0.0769. The van der Waals surface area contributed by atoms with Crippen LogP contribution in [-0.4, -0.2) is 21.0 Å². The topological polar surface area (TPSA) is 66.0 Å². The van der Waals surface area contributed by atoms with Gasteiger partial charge in [0.25, 0.3) is 0 Å². The van der Waals surface area contributed by atoms with Crippen LogP contribution < -0.4 is 0 Å². The van der Waals surface area contributed by atoms with Crippen LogP contribution >= 0.6 is 0 Å². The van der Waals surface area contributed by atoms with Crippen molar-refractivity contribution >= 4 is 23.1 Å². The number of aliphatic carboxylic acids is 1. The molecule has 0 radical (unpaired) electrons. The van der Waals surface area contributed by atoms with Crippen LogP contribution in [0.15, 0.2) is 42.0 Å². The highest BCUT2D eigenvalue weighted by Crippen LogP contribution is 2.11. The van der Waals surface area contributed by atoms with Crippen LogP contribution in [0, 0.1) is 0 Å². The summed E-state index contributed by atoms with van der Waals surface area (Å²) in [4.78, 5) is 17.9. The van der Waals surface area contributed by atoms with Crippen LogP contribution in [0.2, 0.25) is 0 Å². The summed E-state index contributed by atoms with van der Waals surface area (Å²) in [5, 5.41) is 8.56. The number of nitrogens with zero attached hydrogens (tertiary/aromatic N) is 1. The second kappa shape index (κ2) is 4.65. The lowest BCUT2D eigenvalue weighted by atomic mass is 10.2. The molecule has 2 rings (SSSR count). The first kappa shape index (κ1) is 11.1. The molecule has 1 aromatic heterocycles. The standard InChI is InChI=1S/C13H12N2O2/c1-9(8-13(16)17)6-7-12-14-10-4-2-3-5-11(10)15-12/h2-8H,1H3,(H,14,15)(H,16,17). The Hall–Kier alpha value is -2.36. The molecular formula is C13H12N2O2. The van der Waals surface area contributed by atoms with Gasteiger partial charge in [-0.2, -0.15) is 0 Å². The van der Waals surface area contributed by atoms with Crippen molar-refractivity contribution < 1.29 is 9.90 Å². The molecule has 0 aliphatic heterocycles. The summed E-state index contributed by atoms with van der Waals surface area (Å²) in [5.41, 5.74) is 2.52. The van der Waals surface area contributed by atoms with E-state index in [0.717, 1.165) is 17.1 Å². The molecule has 1 heterocycles. The zero-order valence-corrected chi connectivity index (χ0v) is 9.34. The molecule has 0 saturated carbocycles. The lowest BCUT2D eigenvalue weighted by molar-refractivity contribution is -0.131. The number of carboxylic acid groups (broad SMARTS) is 1. The molecule has 0 saturated heterocycles. The summed E-state index contributed by atoms with van der Waals surface area (Å²) < 4.78 is 0. The Balaban J connectivity index is 2.24. The Morgan fingerprint density at radius 1 is 1.41 bits per heavy atom. The van der Waals surface area contributed by atoms with Crippen molar-refractivity contribution in [1.82, 2.24) is 9.97 Å². The highest BCUT2D eigenvalue weighted by Gasteiger charge is 1.97. The number of rotatable bonds is 3. The summed E-state index contributed by atoms with van der Waals surface area (Å²) in [6.45, 7) is 1.73. The number of allylic oxidation sites excluding steroid dienone is 2. The Kier molecular flexibility index (Phi) is 3.05. The number of hydrogen-bond acceptors (Lipinski definition) is 2. The van der Waals surface area contributed by atoms with E-state index >= 15 is 0 Å². The minimum atomic E-state index is -0.947. The first-order valence-electron chi connectivity index (χ1n) is 5.19. The highest BCUT2D eigenvalue weighted by molar-refractivity contribution is 5.81. The summed E-state index contributed by atoms with van der Waals surface area (Å²) in [6, 6.07) is 7.72. The second-order valence-corrected chi connectivity index (χ2v) is 3.70. The maximum Gasteiger partial charge on any atom is 0.328 e. The van der Waals surface area contributed by atoms with Gasteiger partial charge in [-0.05, 0) is 30.7 Å². The Labute approximate surface area is 98.3 Å². The number of benzene rings is 1. The average Bonchev–Trinajstić information content (AvgIpc) is 2.68. The van der Waals surface area contributed by atoms with Crippen molar-refractivity contribution in [2.24, 2.45) is 0 Å². The fourth-order valence-corrected chi connectivity index (χ4v) is 1.50. The summed E-state index contributed by atoms with van der Waals surface area (Å²) in [5.74, 6) is -0.235. The third-order valence-electron chi connectivity index (χ3n) is 2.26. The molecule has 1 aromatic carbocycles. The molecule has 0 unspecified atom stereocenters. The Bertz CT molecular complexity index is 576. The lowest BCUT2D eigenvalue weighted by Crippen LogP contribution is -1.87. The molecule has 0 spiro atoms. The molecule has 2 N–H and O–H groups in total. The number of fused-ring (bicyclic) bond motifs is 1. The number of aromatic amines is 1. The number of hydrogen-bond donors (Lipinski definition) is 2. The SMILES string of the molecule is CC(C=Cc1nc2ccccc2[nH]1)=CC(=O)O. The van der Waals surface area contributed by atoms with E-state index in [0.29, 0.717) is 11.4 Å². The van der Waals surface area contributed by atoms with E-state index in [1.54, 1.807) is 19.1 Å². The van der Waals surface area contributed by atoms with Gasteiger partial charge >= 0.3 is 5.97 Å². The summed E-state index contributed by atoms with van der Waals surface area (Å²) in [6.07, 6.45) is 4.62. The molecule has 17 heavy (non-hydrogen) atoms. The van der Waals surface area contributed by atoms with E-state index in [1.165, 1.54) is 0 Å². The van der Waals surface area contributed by atoms with E-state index in [2.05, 4.69) is 9.97 Å². The van der Waals surface area contributed by atoms with Gasteiger partial charge in [0.1, 0.15) is 5.82 Å². The van der Waals surface area contributed by atoms with Crippen molar-refractivity contribution in [3.8, 4) is 0 Å². The van der Waals surface area contributed by atoms with Crippen molar-refractivity contribution in [3.63, 3.8) is 0 Å². The second-order valence-electron chi connectivity index (χ2n) is 3.70. The first-order chi connectivity index (χ1) is 8.15. The molecule has 0 amide bonds. The number of carbonyl (C=O) groups is 1. The van der Waals surface area contributed by atoms with Gasteiger partial charge < -0.3 is 10.1 Å². The molecule has 0 bridgehead atoms. The average molecular weight is 228 g/mol. The summed E-state index contributed by atoms with van der Waals surface area (Å²) in [7, 11) is 0. The van der Waals surface area contributed by atoms with Gasteiger partial charge in [-0.1, -0.05) is 18.2 Å². The molecule has 0 atom stereocenters. The smallest absolute Gasteiger partial charge is 0.328 e. The fourth-order valence-electron chi connectivity index (χ4n) is 1.50. The van der Waals surface area contributed by atoms with Crippen LogP contribution in [0.25, 0.3) is 17.1 Å². The van der Waals surface area contributed by atoms with Crippen molar-refractivity contribution in [1.29, 1.82) is 0 Å². The van der Waals surface area contributed by atoms with Gasteiger partial charge in [-0.3, -0.25) is 0 Å². The summed E-state index contributed by atoms with van der Waals surface area (Å²) >= 11 is 0. The monoisotopic (exact) mass is 228 g/mol. The van der Waals surface area contributed by atoms with Gasteiger partial charge in [-0.25, -0.2) is 9.78 Å². The minimum Gasteiger partial charge on any atom is -0.478 e. The maximum atomic E-state index is 10.4. The van der Waals surface area contributed by atoms with Crippen LogP contribution in [0.5, 0.6) is 0 Å². The molecule has 86 valence electrons. The zero-order valence-electron chi connectivity index (χ0n) is 9.34. The van der Waals surface area contributed by atoms with Crippen LogP contribution in [-0.2, 0) is 4.79 Å². The molecular weight excluding hydrogens is 216 g/mol. The molecule has 4 heteroatoms. The highest BCUT2D eigenvalue weighted by atomic mass is 16.4. The van der Waals surface area contributed by atoms with Gasteiger partial charge in [0, 0.05) is 6.08 Å². The number of carboxylic acids is 1. The predicted molar refractivity (Wildman–Crippen MR) is 66.5 cm³/mol. The quantitative estimate of drug-likeness (QED) is 0.626. The van der Waals surface area contributed by atoms with E-state index < -0.39 is 5.97 Å². The van der Waals surface area contributed by atoms with E-state index in [-0.39, 0.29) is 0 Å². The third kappa shape index (κ3) is 2.81. The molecule has 2 aromatic rings. The first-order valence-corrected chi connectivity index (χ1v) is 5.19. The predicted octanol–water partition coefficient (Wildman–Crippen LogP) is 2.61. The lowest BCUT2D eigenvalue weighted by Gasteiger charge is -1.88. The number of para-hydroxylation sites is 2. The zero-order chi connectivity index (χ0) is 12.3. The molecule has 0 aliphatic carbocycles. The van der Waals surface area contributed by atoms with E-state index in [4.69, 9.17) is 5.11 Å². The number of H-pyrrole nitrogens is 1. The molecule has 0 aliphatic rings. The third-order valence-corrected chi connectivity index (χ3v) is 2.26. The van der Waals surface area contributed by atoms with Crippen LogP contribution in [0.3, 0.4) is 0 Å². The van der Waals surface area contributed by atoms with Crippen molar-refractivity contribution in [3.05, 3.63) is 47.8 Å². The van der Waals surface area contributed by atoms with Crippen LogP contribution in [0.1, 0.15) is 12.7 Å². The van der Waals surface area contributed by atoms with Crippen molar-refractivity contribution in [2.45, 2.75) is 6.92 Å². The number of imidazole rings is 1. The maximum absolute atomic E-state index is 10.4. The minimum absolute atomic E-state index is 0.665. The van der Waals surface area contributed by atoms with Crippen molar-refractivity contribution in [2.75, 3.05) is 0 Å². The van der Waals surface area contributed by atoms with Gasteiger partial charge in [0.15, 0.2) is 0 Å². The van der Waals surface area contributed by atoms with E-state index in [1.807, 2.05) is 24.3 Å². The van der Waals surface area contributed by atoms with Gasteiger partial charge in [0.2, 0.25) is 0 Å². The molecule has 0 fully saturated rings. The van der Waals surface area contributed by atoms with Gasteiger partial charge in [0.05, 0.1) is 11.0 Å². The number of nitrogens with one attached hydrogen (secondary N) is 1. The Morgan fingerprint density at radius 3 is 2.88 bits per heavy atom. The normalized spacial score (nSPS) is 12.4. The van der Waals surface area contributed by atoms with Crippen LogP contribution in [0.4, 0.5) is 0 Å². The van der Waals surface area contributed by atoms with Gasteiger partial charge in [-0.15, -0.1) is 0 Å². The largest absolute Gasteiger partial charge is 0.478 e. The molecule has 4 nitrogen and oxygen atoms in total. The Morgan fingerprint density at radius 2 is 2.18 bits per heavy atom. The van der Waals surface area contributed by atoms with E-state index in [9.17, 15) is 4.79 Å².